The summed E-state index contributed by atoms with van der Waals surface area (Å²) in [6, 6.07) is 10.8. The Balaban J connectivity index is 1.97. The van der Waals surface area contributed by atoms with Crippen molar-refractivity contribution in [1.29, 1.82) is 0 Å². The van der Waals surface area contributed by atoms with Gasteiger partial charge < -0.3 is 14.5 Å². The van der Waals surface area contributed by atoms with Crippen LogP contribution in [-0.4, -0.2) is 13.7 Å². The number of hydrogen-bond acceptors (Lipinski definition) is 3. The Morgan fingerprint density at radius 3 is 2.57 bits per heavy atom. The molecule has 1 aromatic heterocycles. The monoisotopic (exact) mass is 287 g/mol. The highest BCUT2D eigenvalue weighted by Gasteiger charge is 2.13. The summed E-state index contributed by atoms with van der Waals surface area (Å²) in [5.74, 6) is 1.88. The van der Waals surface area contributed by atoms with Crippen molar-refractivity contribution in [3.05, 3.63) is 53.5 Å². The molecule has 0 aliphatic carbocycles. The molecule has 21 heavy (non-hydrogen) atoms. The molecular weight excluding hydrogens is 262 g/mol. The van der Waals surface area contributed by atoms with Crippen LogP contribution in [0.3, 0.4) is 0 Å². The topological polar surface area (TPSA) is 34.4 Å². The Morgan fingerprint density at radius 2 is 2.00 bits per heavy atom. The first kappa shape index (κ1) is 15.6. The van der Waals surface area contributed by atoms with Crippen LogP contribution in [0.5, 0.6) is 5.75 Å². The summed E-state index contributed by atoms with van der Waals surface area (Å²) in [6.07, 6.45) is 5.10. The maximum absolute atomic E-state index is 5.45. The van der Waals surface area contributed by atoms with Gasteiger partial charge in [0.2, 0.25) is 0 Å². The van der Waals surface area contributed by atoms with E-state index in [-0.39, 0.29) is 0 Å². The molecule has 1 N–H and O–H groups in total. The largest absolute Gasteiger partial charge is 0.497 e. The van der Waals surface area contributed by atoms with Crippen molar-refractivity contribution in [1.82, 2.24) is 5.32 Å². The number of rotatable bonds is 8. The second kappa shape index (κ2) is 7.89. The van der Waals surface area contributed by atoms with Crippen LogP contribution in [-0.2, 0) is 6.42 Å². The maximum atomic E-state index is 5.45. The number of benzene rings is 1. The van der Waals surface area contributed by atoms with Gasteiger partial charge in [-0.05, 0) is 56.5 Å². The lowest BCUT2D eigenvalue weighted by Gasteiger charge is -2.17. The van der Waals surface area contributed by atoms with Crippen LogP contribution in [0.4, 0.5) is 0 Å². The summed E-state index contributed by atoms with van der Waals surface area (Å²) < 4.78 is 10.6. The second-order valence-corrected chi connectivity index (χ2v) is 5.38. The summed E-state index contributed by atoms with van der Waals surface area (Å²) in [7, 11) is 1.70. The Bertz CT molecular complexity index is 530. The SMILES string of the molecule is CCCNC(CCc1ccc(OC)cc1)c1coc(C)c1. The van der Waals surface area contributed by atoms with E-state index in [1.54, 1.807) is 7.11 Å². The van der Waals surface area contributed by atoms with Crippen molar-refractivity contribution in [2.75, 3.05) is 13.7 Å². The van der Waals surface area contributed by atoms with Gasteiger partial charge >= 0.3 is 0 Å². The van der Waals surface area contributed by atoms with E-state index < -0.39 is 0 Å². The molecule has 3 nitrogen and oxygen atoms in total. The summed E-state index contributed by atoms with van der Waals surface area (Å²) >= 11 is 0. The minimum absolute atomic E-state index is 0.351. The fourth-order valence-corrected chi connectivity index (χ4v) is 2.45. The minimum atomic E-state index is 0.351. The van der Waals surface area contributed by atoms with Crippen LogP contribution in [0.15, 0.2) is 41.0 Å². The molecule has 3 heteroatoms. The standard InChI is InChI=1S/C18H25NO2/c1-4-11-19-18(16-12-14(2)21-13-16)10-7-15-5-8-17(20-3)9-6-15/h5-6,8-9,12-13,18-19H,4,7,10-11H2,1-3H3. The first-order chi connectivity index (χ1) is 10.2. The first-order valence-corrected chi connectivity index (χ1v) is 7.64. The van der Waals surface area contributed by atoms with Gasteiger partial charge in [0, 0.05) is 11.6 Å². The van der Waals surface area contributed by atoms with Crippen LogP contribution < -0.4 is 10.1 Å². The van der Waals surface area contributed by atoms with E-state index in [0.717, 1.165) is 37.3 Å². The van der Waals surface area contributed by atoms with E-state index in [0.29, 0.717) is 6.04 Å². The fourth-order valence-electron chi connectivity index (χ4n) is 2.45. The molecule has 0 saturated carbocycles. The first-order valence-electron chi connectivity index (χ1n) is 7.64. The summed E-state index contributed by atoms with van der Waals surface area (Å²) in [4.78, 5) is 0. The van der Waals surface area contributed by atoms with E-state index in [2.05, 4.69) is 30.4 Å². The zero-order chi connectivity index (χ0) is 15.1. The second-order valence-electron chi connectivity index (χ2n) is 5.38. The molecule has 1 unspecified atom stereocenters. The Labute approximate surface area is 127 Å². The van der Waals surface area contributed by atoms with Crippen LogP contribution in [0, 0.1) is 6.92 Å². The predicted octanol–water partition coefficient (Wildman–Crippen LogP) is 4.27. The van der Waals surface area contributed by atoms with Crippen LogP contribution in [0.1, 0.15) is 42.7 Å². The van der Waals surface area contributed by atoms with Crippen molar-refractivity contribution < 1.29 is 9.15 Å². The van der Waals surface area contributed by atoms with Crippen molar-refractivity contribution in [3.8, 4) is 5.75 Å². The molecule has 0 saturated heterocycles. The van der Waals surface area contributed by atoms with Crippen LogP contribution in [0.25, 0.3) is 0 Å². The molecule has 1 atom stereocenters. The number of methoxy groups -OCH3 is 1. The molecule has 0 bridgehead atoms. The van der Waals surface area contributed by atoms with Gasteiger partial charge in [0.25, 0.3) is 0 Å². The lowest BCUT2D eigenvalue weighted by molar-refractivity contribution is 0.414. The fraction of sp³-hybridized carbons (Fsp3) is 0.444. The van der Waals surface area contributed by atoms with Gasteiger partial charge in [0.15, 0.2) is 0 Å². The Morgan fingerprint density at radius 1 is 1.24 bits per heavy atom. The predicted molar refractivity (Wildman–Crippen MR) is 85.8 cm³/mol. The Hall–Kier alpha value is -1.74. The van der Waals surface area contributed by atoms with Gasteiger partial charge in [-0.3, -0.25) is 0 Å². The number of nitrogens with one attached hydrogen (secondary N) is 1. The third kappa shape index (κ3) is 4.64. The molecule has 0 spiro atoms. The summed E-state index contributed by atoms with van der Waals surface area (Å²) in [6.45, 7) is 5.20. The number of aryl methyl sites for hydroxylation is 2. The number of ether oxygens (including phenoxy) is 1. The molecule has 0 fully saturated rings. The van der Waals surface area contributed by atoms with Crippen molar-refractivity contribution >= 4 is 0 Å². The minimum Gasteiger partial charge on any atom is -0.497 e. The zero-order valence-corrected chi connectivity index (χ0v) is 13.2. The van der Waals surface area contributed by atoms with Crippen molar-refractivity contribution in [3.63, 3.8) is 0 Å². The molecule has 2 aromatic rings. The van der Waals surface area contributed by atoms with E-state index >= 15 is 0 Å². The quantitative estimate of drug-likeness (QED) is 0.787. The zero-order valence-electron chi connectivity index (χ0n) is 13.2. The molecule has 0 aliphatic rings. The van der Waals surface area contributed by atoms with Gasteiger partial charge in [0.1, 0.15) is 11.5 Å². The molecule has 1 heterocycles. The average Bonchev–Trinajstić information content (AvgIpc) is 2.94. The highest BCUT2D eigenvalue weighted by Crippen LogP contribution is 2.22. The summed E-state index contributed by atoms with van der Waals surface area (Å²) in [5, 5.41) is 3.61. The van der Waals surface area contributed by atoms with Gasteiger partial charge in [-0.25, -0.2) is 0 Å². The lowest BCUT2D eigenvalue weighted by Crippen LogP contribution is -2.22. The van der Waals surface area contributed by atoms with Crippen molar-refractivity contribution in [2.24, 2.45) is 0 Å². The van der Waals surface area contributed by atoms with Gasteiger partial charge in [-0.15, -0.1) is 0 Å². The van der Waals surface area contributed by atoms with Gasteiger partial charge in [-0.2, -0.15) is 0 Å². The Kier molecular flexibility index (Phi) is 5.88. The highest BCUT2D eigenvalue weighted by molar-refractivity contribution is 5.27. The van der Waals surface area contributed by atoms with Crippen LogP contribution in [0.2, 0.25) is 0 Å². The molecule has 1 aromatic carbocycles. The van der Waals surface area contributed by atoms with E-state index in [1.165, 1.54) is 11.1 Å². The van der Waals surface area contributed by atoms with Gasteiger partial charge in [-0.1, -0.05) is 19.1 Å². The molecular formula is C18H25NO2. The summed E-state index contributed by atoms with van der Waals surface area (Å²) in [5.41, 5.74) is 2.58. The number of hydrogen-bond donors (Lipinski definition) is 1. The third-order valence-corrected chi connectivity index (χ3v) is 3.67. The molecule has 0 aliphatic heterocycles. The number of furan rings is 1. The maximum Gasteiger partial charge on any atom is 0.118 e. The van der Waals surface area contributed by atoms with Crippen molar-refractivity contribution in [2.45, 2.75) is 39.2 Å². The molecule has 2 rings (SSSR count). The molecule has 0 radical (unpaired) electrons. The smallest absolute Gasteiger partial charge is 0.118 e. The van der Waals surface area contributed by atoms with E-state index in [4.69, 9.17) is 9.15 Å². The normalized spacial score (nSPS) is 12.3. The lowest BCUT2D eigenvalue weighted by atomic mass is 10.0. The van der Waals surface area contributed by atoms with E-state index in [9.17, 15) is 0 Å². The average molecular weight is 287 g/mol. The molecule has 0 amide bonds. The van der Waals surface area contributed by atoms with Gasteiger partial charge in [0.05, 0.1) is 13.4 Å². The third-order valence-electron chi connectivity index (χ3n) is 3.67. The molecule has 114 valence electrons. The van der Waals surface area contributed by atoms with Crippen LogP contribution >= 0.6 is 0 Å². The van der Waals surface area contributed by atoms with E-state index in [1.807, 2.05) is 25.3 Å². The highest BCUT2D eigenvalue weighted by atomic mass is 16.5.